The fourth-order valence-electron chi connectivity index (χ4n) is 3.03. The lowest BCUT2D eigenvalue weighted by Crippen LogP contribution is -2.50. The molecule has 1 aromatic rings. The largest absolute Gasteiger partial charge is 0.388 e. The van der Waals surface area contributed by atoms with Crippen LogP contribution in [-0.4, -0.2) is 36.5 Å². The molecule has 1 heterocycles. The lowest BCUT2D eigenvalue weighted by atomic mass is 9.81. The first-order valence-corrected chi connectivity index (χ1v) is 8.61. The number of nitrogens with one attached hydrogen (secondary N) is 2. The third-order valence-electron chi connectivity index (χ3n) is 4.64. The van der Waals surface area contributed by atoms with Crippen LogP contribution in [0.25, 0.3) is 0 Å². The normalized spacial score (nSPS) is 18.7. The maximum absolute atomic E-state index is 12.4. The van der Waals surface area contributed by atoms with Crippen molar-refractivity contribution in [1.82, 2.24) is 10.6 Å². The summed E-state index contributed by atoms with van der Waals surface area (Å²) in [7, 11) is 0. The predicted molar refractivity (Wildman–Crippen MR) is 94.9 cm³/mol. The third-order valence-corrected chi connectivity index (χ3v) is 4.64. The number of carbonyl (C=O) groups is 1. The third kappa shape index (κ3) is 4.95. The van der Waals surface area contributed by atoms with Gasteiger partial charge >= 0.3 is 6.03 Å². The minimum Gasteiger partial charge on any atom is -0.388 e. The smallest absolute Gasteiger partial charge is 0.315 e. The highest BCUT2D eigenvalue weighted by Crippen LogP contribution is 2.34. The van der Waals surface area contributed by atoms with Crippen molar-refractivity contribution in [2.75, 3.05) is 19.8 Å². The van der Waals surface area contributed by atoms with E-state index in [0.717, 1.165) is 11.1 Å². The Balaban J connectivity index is 2.02. The van der Waals surface area contributed by atoms with E-state index in [4.69, 9.17) is 4.74 Å². The van der Waals surface area contributed by atoms with Crippen molar-refractivity contribution >= 4 is 6.03 Å². The molecule has 1 fully saturated rings. The molecule has 0 radical (unpaired) electrons. The summed E-state index contributed by atoms with van der Waals surface area (Å²) in [6.07, 6.45) is 1.10. The van der Waals surface area contributed by atoms with Gasteiger partial charge in [-0.1, -0.05) is 45.0 Å². The van der Waals surface area contributed by atoms with Crippen LogP contribution in [0.2, 0.25) is 0 Å². The van der Waals surface area contributed by atoms with Gasteiger partial charge in [0.1, 0.15) is 0 Å². The number of aryl methyl sites for hydroxylation is 1. The molecule has 0 unspecified atom stereocenters. The van der Waals surface area contributed by atoms with E-state index in [1.165, 1.54) is 0 Å². The van der Waals surface area contributed by atoms with Crippen molar-refractivity contribution in [3.05, 3.63) is 35.4 Å². The SMILES string of the molecule is Cc1ccccc1[C@H](NC(=O)NCC1(O)CCOCC1)C(C)(C)C. The van der Waals surface area contributed by atoms with E-state index in [9.17, 15) is 9.90 Å². The van der Waals surface area contributed by atoms with Crippen LogP contribution in [0.15, 0.2) is 24.3 Å². The van der Waals surface area contributed by atoms with Crippen molar-refractivity contribution < 1.29 is 14.6 Å². The fraction of sp³-hybridized carbons (Fsp3) is 0.632. The number of urea groups is 1. The van der Waals surface area contributed by atoms with E-state index in [2.05, 4.69) is 50.5 Å². The number of benzene rings is 1. The molecular formula is C19H30N2O3. The molecule has 0 saturated carbocycles. The first-order valence-electron chi connectivity index (χ1n) is 8.61. The van der Waals surface area contributed by atoms with E-state index >= 15 is 0 Å². The Morgan fingerprint density at radius 2 is 1.92 bits per heavy atom. The van der Waals surface area contributed by atoms with Gasteiger partial charge in [-0.2, -0.15) is 0 Å². The van der Waals surface area contributed by atoms with Crippen molar-refractivity contribution in [3.8, 4) is 0 Å². The van der Waals surface area contributed by atoms with Gasteiger partial charge in [0.25, 0.3) is 0 Å². The van der Waals surface area contributed by atoms with E-state index in [1.54, 1.807) is 0 Å². The van der Waals surface area contributed by atoms with Crippen LogP contribution in [-0.2, 0) is 4.74 Å². The Labute approximate surface area is 144 Å². The van der Waals surface area contributed by atoms with E-state index in [0.29, 0.717) is 26.1 Å². The summed E-state index contributed by atoms with van der Waals surface area (Å²) in [6, 6.07) is 7.74. The average molecular weight is 334 g/mol. The Morgan fingerprint density at radius 3 is 2.50 bits per heavy atom. The molecule has 1 aliphatic rings. The van der Waals surface area contributed by atoms with Crippen molar-refractivity contribution in [2.24, 2.45) is 5.41 Å². The highest BCUT2D eigenvalue weighted by molar-refractivity contribution is 5.74. The minimum atomic E-state index is -0.866. The number of hydrogen-bond acceptors (Lipinski definition) is 3. The lowest BCUT2D eigenvalue weighted by Gasteiger charge is -2.35. The Hall–Kier alpha value is -1.59. The predicted octanol–water partition coefficient (Wildman–Crippen LogP) is 2.92. The van der Waals surface area contributed by atoms with Gasteiger partial charge in [0.2, 0.25) is 0 Å². The topological polar surface area (TPSA) is 70.6 Å². The number of aliphatic hydroxyl groups is 1. The average Bonchev–Trinajstić information content (AvgIpc) is 2.51. The van der Waals surface area contributed by atoms with E-state index < -0.39 is 5.60 Å². The molecule has 1 saturated heterocycles. The van der Waals surface area contributed by atoms with Crippen LogP contribution in [0.1, 0.15) is 50.8 Å². The summed E-state index contributed by atoms with van der Waals surface area (Å²) in [5.74, 6) is 0. The molecule has 24 heavy (non-hydrogen) atoms. The molecule has 2 amide bonds. The van der Waals surface area contributed by atoms with Gasteiger partial charge in [0.15, 0.2) is 0 Å². The number of carbonyl (C=O) groups excluding carboxylic acids is 1. The van der Waals surface area contributed by atoms with Crippen LogP contribution in [0.4, 0.5) is 4.79 Å². The van der Waals surface area contributed by atoms with Crippen LogP contribution in [0, 0.1) is 12.3 Å². The second-order valence-corrected chi connectivity index (χ2v) is 7.82. The monoisotopic (exact) mass is 334 g/mol. The molecule has 5 nitrogen and oxygen atoms in total. The van der Waals surface area contributed by atoms with Gasteiger partial charge in [-0.05, 0) is 23.5 Å². The minimum absolute atomic E-state index is 0.108. The summed E-state index contributed by atoms with van der Waals surface area (Å²) in [5.41, 5.74) is 1.28. The summed E-state index contributed by atoms with van der Waals surface area (Å²) in [5, 5.41) is 16.4. The molecule has 0 aromatic heterocycles. The lowest BCUT2D eigenvalue weighted by molar-refractivity contribution is -0.0601. The van der Waals surface area contributed by atoms with Crippen LogP contribution < -0.4 is 10.6 Å². The molecule has 0 bridgehead atoms. The maximum Gasteiger partial charge on any atom is 0.315 e. The van der Waals surface area contributed by atoms with Crippen molar-refractivity contribution in [3.63, 3.8) is 0 Å². The molecule has 1 atom stereocenters. The number of hydrogen-bond donors (Lipinski definition) is 3. The zero-order valence-corrected chi connectivity index (χ0v) is 15.2. The molecule has 0 aliphatic carbocycles. The van der Waals surface area contributed by atoms with Crippen LogP contribution in [0.5, 0.6) is 0 Å². The molecule has 1 aromatic carbocycles. The second kappa shape index (κ2) is 7.53. The zero-order chi connectivity index (χ0) is 17.8. The standard InChI is InChI=1S/C19H30N2O3/c1-14-7-5-6-8-15(14)16(18(2,3)4)21-17(22)20-13-19(23)9-11-24-12-10-19/h5-8,16,23H,9-13H2,1-4H3,(H2,20,21,22)/t16-/m0/s1. The van der Waals surface area contributed by atoms with Crippen molar-refractivity contribution in [1.29, 1.82) is 0 Å². The molecule has 0 spiro atoms. The van der Waals surface area contributed by atoms with Gasteiger partial charge in [-0.3, -0.25) is 0 Å². The zero-order valence-electron chi connectivity index (χ0n) is 15.2. The summed E-state index contributed by atoms with van der Waals surface area (Å²) in [4.78, 5) is 12.4. The molecule has 134 valence electrons. The number of amides is 2. The molecule has 3 N–H and O–H groups in total. The van der Waals surface area contributed by atoms with Gasteiger partial charge in [0, 0.05) is 32.6 Å². The van der Waals surface area contributed by atoms with E-state index in [1.807, 2.05) is 12.1 Å². The molecule has 2 rings (SSSR count). The summed E-state index contributed by atoms with van der Waals surface area (Å²) < 4.78 is 5.26. The molecule has 1 aliphatic heterocycles. The maximum atomic E-state index is 12.4. The molecule has 5 heteroatoms. The van der Waals surface area contributed by atoms with E-state index in [-0.39, 0.29) is 24.0 Å². The van der Waals surface area contributed by atoms with Gasteiger partial charge in [-0.25, -0.2) is 4.79 Å². The first kappa shape index (κ1) is 18.7. The summed E-state index contributed by atoms with van der Waals surface area (Å²) in [6.45, 7) is 9.69. The van der Waals surface area contributed by atoms with Crippen LogP contribution in [0.3, 0.4) is 0 Å². The Bertz CT molecular complexity index is 560. The quantitative estimate of drug-likeness (QED) is 0.793. The highest BCUT2D eigenvalue weighted by Gasteiger charge is 2.32. The number of ether oxygens (including phenoxy) is 1. The van der Waals surface area contributed by atoms with Gasteiger partial charge < -0.3 is 20.5 Å². The molecular weight excluding hydrogens is 304 g/mol. The number of rotatable bonds is 4. The summed E-state index contributed by atoms with van der Waals surface area (Å²) >= 11 is 0. The highest BCUT2D eigenvalue weighted by atomic mass is 16.5. The Kier molecular flexibility index (Phi) is 5.88. The van der Waals surface area contributed by atoms with Gasteiger partial charge in [-0.15, -0.1) is 0 Å². The van der Waals surface area contributed by atoms with Gasteiger partial charge in [0.05, 0.1) is 11.6 Å². The van der Waals surface area contributed by atoms with Crippen LogP contribution >= 0.6 is 0 Å². The first-order chi connectivity index (χ1) is 11.2. The Morgan fingerprint density at radius 1 is 1.29 bits per heavy atom. The second-order valence-electron chi connectivity index (χ2n) is 7.82. The van der Waals surface area contributed by atoms with Crippen molar-refractivity contribution in [2.45, 2.75) is 52.2 Å². The fourth-order valence-corrected chi connectivity index (χ4v) is 3.03.